The van der Waals surface area contributed by atoms with Crippen molar-refractivity contribution < 1.29 is 4.74 Å². The van der Waals surface area contributed by atoms with Gasteiger partial charge in [-0.15, -0.1) is 0 Å². The molecule has 164 valence electrons. The number of hydrogen-bond donors (Lipinski definition) is 0. The molecule has 1 spiro atoms. The topological polar surface area (TPSA) is 63.5 Å². The van der Waals surface area contributed by atoms with Gasteiger partial charge in [0, 0.05) is 75.5 Å². The fraction of sp³-hybridized carbons (Fsp3) is 0.625. The molecule has 0 radical (unpaired) electrons. The number of aromatic nitrogens is 3. The van der Waals surface area contributed by atoms with E-state index in [1.165, 1.54) is 25.0 Å². The summed E-state index contributed by atoms with van der Waals surface area (Å²) in [5.41, 5.74) is 2.80. The van der Waals surface area contributed by atoms with Crippen molar-refractivity contribution in [2.45, 2.75) is 44.7 Å². The first kappa shape index (κ1) is 19.4. The van der Waals surface area contributed by atoms with E-state index in [0.29, 0.717) is 17.3 Å². The predicted octanol–water partition coefficient (Wildman–Crippen LogP) is 2.26. The van der Waals surface area contributed by atoms with Gasteiger partial charge in [0.25, 0.3) is 5.56 Å². The van der Waals surface area contributed by atoms with Crippen LogP contribution in [0.4, 0.5) is 5.82 Å². The number of pyridine rings is 1. The first-order valence-electron chi connectivity index (χ1n) is 11.7. The van der Waals surface area contributed by atoms with Crippen LogP contribution < -0.4 is 10.5 Å². The molecule has 0 aromatic carbocycles. The van der Waals surface area contributed by atoms with Crippen LogP contribution in [0, 0.1) is 11.3 Å². The van der Waals surface area contributed by atoms with E-state index < -0.39 is 0 Å². The zero-order valence-electron chi connectivity index (χ0n) is 18.1. The lowest BCUT2D eigenvalue weighted by atomic mass is 9.80. The fourth-order valence-electron chi connectivity index (χ4n) is 6.37. The fourth-order valence-corrected chi connectivity index (χ4v) is 6.37. The number of ether oxygens (including phenoxy) is 1. The van der Waals surface area contributed by atoms with Gasteiger partial charge in [0.05, 0.1) is 6.20 Å². The molecule has 2 aromatic heterocycles. The molecule has 2 aromatic rings. The Morgan fingerprint density at radius 1 is 1.10 bits per heavy atom. The summed E-state index contributed by atoms with van der Waals surface area (Å²) in [6, 6.07) is 4.32. The second-order valence-electron chi connectivity index (χ2n) is 10.0. The molecule has 0 aliphatic carbocycles. The first-order chi connectivity index (χ1) is 15.2. The van der Waals surface area contributed by atoms with E-state index in [4.69, 9.17) is 4.74 Å². The van der Waals surface area contributed by atoms with Crippen molar-refractivity contribution in [1.82, 2.24) is 19.4 Å². The average Bonchev–Trinajstić information content (AvgIpc) is 3.18. The van der Waals surface area contributed by atoms with Crippen molar-refractivity contribution in [1.29, 1.82) is 0 Å². The van der Waals surface area contributed by atoms with Crippen molar-refractivity contribution >= 4 is 5.82 Å². The van der Waals surface area contributed by atoms with E-state index in [9.17, 15) is 4.79 Å². The van der Waals surface area contributed by atoms with Crippen molar-refractivity contribution in [3.05, 3.63) is 52.3 Å². The highest BCUT2D eigenvalue weighted by Crippen LogP contribution is 2.40. The summed E-state index contributed by atoms with van der Waals surface area (Å²) >= 11 is 0. The standard InChI is InChI=1S/C24H31N5O2/c30-23-19(15-27-8-3-24(17-27)4-9-31-10-5-24)1-2-21-20-11-18(14-29(21)23)13-28(16-20)22-12-25-6-7-26-22/h1-2,6-7,12,18,20H,3-5,8-11,13-17H2/t18-,20+/m0/s1. The number of hydrogen-bond acceptors (Lipinski definition) is 6. The normalized spacial score (nSPS) is 27.4. The van der Waals surface area contributed by atoms with Crippen molar-refractivity contribution in [3.8, 4) is 0 Å². The first-order valence-corrected chi connectivity index (χ1v) is 11.7. The van der Waals surface area contributed by atoms with E-state index in [0.717, 1.165) is 70.3 Å². The Morgan fingerprint density at radius 3 is 2.84 bits per heavy atom. The van der Waals surface area contributed by atoms with E-state index in [-0.39, 0.29) is 5.56 Å². The van der Waals surface area contributed by atoms with Gasteiger partial charge < -0.3 is 14.2 Å². The largest absolute Gasteiger partial charge is 0.381 e. The van der Waals surface area contributed by atoms with Gasteiger partial charge in [-0.25, -0.2) is 4.98 Å². The molecule has 0 N–H and O–H groups in total. The van der Waals surface area contributed by atoms with Crippen LogP contribution in [-0.2, 0) is 17.8 Å². The molecule has 3 fully saturated rings. The summed E-state index contributed by atoms with van der Waals surface area (Å²) in [6.07, 6.45) is 10.1. The Kier molecular flexibility index (Phi) is 4.83. The van der Waals surface area contributed by atoms with E-state index in [1.54, 1.807) is 12.4 Å². The Labute approximate surface area is 183 Å². The summed E-state index contributed by atoms with van der Waals surface area (Å²) in [6.45, 7) is 7.44. The van der Waals surface area contributed by atoms with E-state index in [2.05, 4.69) is 36.5 Å². The summed E-state index contributed by atoms with van der Waals surface area (Å²) in [5, 5.41) is 0. The number of rotatable bonds is 3. The number of fused-ring (bicyclic) bond motifs is 4. The number of likely N-dealkylation sites (tertiary alicyclic amines) is 1. The van der Waals surface area contributed by atoms with E-state index >= 15 is 0 Å². The van der Waals surface area contributed by atoms with Crippen LogP contribution in [0.15, 0.2) is 35.5 Å². The summed E-state index contributed by atoms with van der Waals surface area (Å²) in [7, 11) is 0. The highest BCUT2D eigenvalue weighted by molar-refractivity contribution is 5.38. The Bertz CT molecular complexity index is 1000. The van der Waals surface area contributed by atoms with Gasteiger partial charge in [0.2, 0.25) is 0 Å². The van der Waals surface area contributed by atoms with Gasteiger partial charge >= 0.3 is 0 Å². The van der Waals surface area contributed by atoms with Crippen LogP contribution in [-0.4, -0.2) is 58.8 Å². The lowest BCUT2D eigenvalue weighted by Gasteiger charge is -2.43. The zero-order valence-corrected chi connectivity index (χ0v) is 18.1. The Morgan fingerprint density at radius 2 is 2.00 bits per heavy atom. The van der Waals surface area contributed by atoms with Crippen LogP contribution in [0.3, 0.4) is 0 Å². The molecule has 0 saturated carbocycles. The lowest BCUT2D eigenvalue weighted by Crippen LogP contribution is -2.48. The molecule has 7 heteroatoms. The lowest BCUT2D eigenvalue weighted by molar-refractivity contribution is 0.0190. The maximum Gasteiger partial charge on any atom is 0.255 e. The van der Waals surface area contributed by atoms with Crippen molar-refractivity contribution in [3.63, 3.8) is 0 Å². The molecule has 0 amide bonds. The summed E-state index contributed by atoms with van der Waals surface area (Å²) in [4.78, 5) is 27.0. The maximum absolute atomic E-state index is 13.4. The summed E-state index contributed by atoms with van der Waals surface area (Å²) in [5.74, 6) is 1.81. The van der Waals surface area contributed by atoms with Gasteiger partial charge in [-0.1, -0.05) is 6.07 Å². The van der Waals surface area contributed by atoms with Crippen molar-refractivity contribution in [2.75, 3.05) is 44.3 Å². The molecule has 2 bridgehead atoms. The second-order valence-corrected chi connectivity index (χ2v) is 10.0. The molecule has 2 atom stereocenters. The number of nitrogens with zero attached hydrogens (tertiary/aromatic N) is 5. The van der Waals surface area contributed by atoms with Crippen LogP contribution in [0.2, 0.25) is 0 Å². The average molecular weight is 422 g/mol. The van der Waals surface area contributed by atoms with Gasteiger partial charge in [-0.3, -0.25) is 14.7 Å². The molecule has 7 nitrogen and oxygen atoms in total. The smallest absolute Gasteiger partial charge is 0.255 e. The quantitative estimate of drug-likeness (QED) is 0.758. The number of anilines is 1. The molecule has 31 heavy (non-hydrogen) atoms. The van der Waals surface area contributed by atoms with Crippen LogP contribution in [0.5, 0.6) is 0 Å². The Hall–Kier alpha value is -2.25. The second kappa shape index (κ2) is 7.71. The Balaban J connectivity index is 1.20. The third-order valence-electron chi connectivity index (χ3n) is 8.02. The minimum Gasteiger partial charge on any atom is -0.381 e. The molecular weight excluding hydrogens is 390 g/mol. The number of piperidine rings is 1. The van der Waals surface area contributed by atoms with E-state index in [1.807, 2.05) is 6.20 Å². The monoisotopic (exact) mass is 421 g/mol. The molecule has 6 rings (SSSR count). The molecule has 3 saturated heterocycles. The highest BCUT2D eigenvalue weighted by Gasteiger charge is 2.40. The predicted molar refractivity (Wildman–Crippen MR) is 118 cm³/mol. The van der Waals surface area contributed by atoms with Gasteiger partial charge in [-0.2, -0.15) is 0 Å². The SMILES string of the molecule is O=c1c(CN2CCC3(CCOCC3)C2)ccc2n1C[C@H]1C[C@@H]2CN(c2cnccn2)C1. The van der Waals surface area contributed by atoms with Crippen LogP contribution >= 0.6 is 0 Å². The third-order valence-corrected chi connectivity index (χ3v) is 8.02. The molecule has 6 heterocycles. The molecule has 4 aliphatic heterocycles. The van der Waals surface area contributed by atoms with Crippen LogP contribution in [0.1, 0.15) is 42.9 Å². The third kappa shape index (κ3) is 3.57. The summed E-state index contributed by atoms with van der Waals surface area (Å²) < 4.78 is 7.67. The van der Waals surface area contributed by atoms with Crippen LogP contribution in [0.25, 0.3) is 0 Å². The minimum absolute atomic E-state index is 0.230. The molecular formula is C24H31N5O2. The molecule has 0 unspecified atom stereocenters. The minimum atomic E-state index is 0.230. The zero-order chi connectivity index (χ0) is 20.8. The van der Waals surface area contributed by atoms with Crippen molar-refractivity contribution in [2.24, 2.45) is 11.3 Å². The van der Waals surface area contributed by atoms with Gasteiger partial charge in [0.1, 0.15) is 5.82 Å². The highest BCUT2D eigenvalue weighted by atomic mass is 16.5. The maximum atomic E-state index is 13.4. The van der Waals surface area contributed by atoms with Gasteiger partial charge in [-0.05, 0) is 49.6 Å². The van der Waals surface area contributed by atoms with Gasteiger partial charge in [0.15, 0.2) is 0 Å². The molecule has 4 aliphatic rings.